The lowest BCUT2D eigenvalue weighted by Gasteiger charge is -2.09. The summed E-state index contributed by atoms with van der Waals surface area (Å²) in [5.41, 5.74) is -0.324. The number of aromatic nitrogens is 1. The van der Waals surface area contributed by atoms with Gasteiger partial charge in [0.15, 0.2) is 0 Å². The van der Waals surface area contributed by atoms with Gasteiger partial charge in [0.25, 0.3) is 0 Å². The predicted octanol–water partition coefficient (Wildman–Crippen LogP) is 2.94. The molecule has 0 unspecified atom stereocenters. The maximum atomic E-state index is 12.4. The molecule has 104 valence electrons. The van der Waals surface area contributed by atoms with Crippen molar-refractivity contribution in [2.45, 2.75) is 25.1 Å². The minimum Gasteiger partial charge on any atom is -0.382 e. The summed E-state index contributed by atoms with van der Waals surface area (Å²) in [5, 5.41) is 0. The highest BCUT2D eigenvalue weighted by Gasteiger charge is 2.31. The monoisotopic (exact) mass is 272 g/mol. The molecule has 0 bridgehead atoms. The van der Waals surface area contributed by atoms with E-state index in [1.807, 2.05) is 0 Å². The van der Waals surface area contributed by atoms with E-state index in [9.17, 15) is 13.2 Å². The molecule has 0 aliphatic heterocycles. The molecule has 6 heteroatoms. The van der Waals surface area contributed by atoms with Crippen LogP contribution in [0.25, 0.3) is 0 Å². The van der Waals surface area contributed by atoms with Crippen LogP contribution in [0.15, 0.2) is 23.3 Å². The van der Waals surface area contributed by atoms with Crippen LogP contribution in [0.3, 0.4) is 0 Å². The summed E-state index contributed by atoms with van der Waals surface area (Å²) in [4.78, 5) is 8.09. The first-order valence-electron chi connectivity index (χ1n) is 6.06. The van der Waals surface area contributed by atoms with E-state index in [4.69, 9.17) is 4.74 Å². The third kappa shape index (κ3) is 4.02. The molecule has 1 fully saturated rings. The van der Waals surface area contributed by atoms with Crippen LogP contribution < -0.4 is 0 Å². The Morgan fingerprint density at radius 1 is 1.47 bits per heavy atom. The van der Waals surface area contributed by atoms with Gasteiger partial charge in [-0.15, -0.1) is 0 Å². The maximum Gasteiger partial charge on any atom is 0.417 e. The molecular weight excluding hydrogens is 257 g/mol. The summed E-state index contributed by atoms with van der Waals surface area (Å²) >= 11 is 0. The van der Waals surface area contributed by atoms with Crippen molar-refractivity contribution in [1.82, 2.24) is 4.98 Å². The first kappa shape index (κ1) is 14.0. The summed E-state index contributed by atoms with van der Waals surface area (Å²) < 4.78 is 42.1. The second kappa shape index (κ2) is 5.69. The van der Waals surface area contributed by atoms with Gasteiger partial charge >= 0.3 is 6.18 Å². The smallest absolute Gasteiger partial charge is 0.382 e. The number of alkyl halides is 3. The van der Waals surface area contributed by atoms with Crippen LogP contribution in [0.2, 0.25) is 0 Å². The van der Waals surface area contributed by atoms with E-state index in [0.29, 0.717) is 18.2 Å². The number of pyridine rings is 1. The summed E-state index contributed by atoms with van der Waals surface area (Å²) in [6.07, 6.45) is 0.249. The highest BCUT2D eigenvalue weighted by molar-refractivity contribution is 5.77. The lowest BCUT2D eigenvalue weighted by Crippen LogP contribution is -2.15. The Kier molecular flexibility index (Phi) is 4.19. The normalized spacial score (nSPS) is 17.9. The topological polar surface area (TPSA) is 34.5 Å². The van der Waals surface area contributed by atoms with Crippen LogP contribution in [0.5, 0.6) is 0 Å². The zero-order valence-corrected chi connectivity index (χ0v) is 10.5. The second-order valence-electron chi connectivity index (χ2n) is 4.61. The fraction of sp³-hybridized carbons (Fsp3) is 0.538. The Hall–Kier alpha value is -1.43. The molecule has 2 rings (SSSR count). The fourth-order valence-electron chi connectivity index (χ4n) is 1.77. The number of halogens is 3. The lowest BCUT2D eigenvalue weighted by atomic mass is 10.2. The Morgan fingerprint density at radius 3 is 2.68 bits per heavy atom. The van der Waals surface area contributed by atoms with E-state index in [1.165, 1.54) is 12.3 Å². The van der Waals surface area contributed by atoms with Gasteiger partial charge in [0.05, 0.1) is 23.9 Å². The average Bonchev–Trinajstić information content (AvgIpc) is 3.18. The second-order valence-corrected chi connectivity index (χ2v) is 4.61. The quantitative estimate of drug-likeness (QED) is 0.772. The number of nitrogens with zero attached hydrogens (tertiary/aromatic N) is 2. The van der Waals surface area contributed by atoms with Gasteiger partial charge in [-0.3, -0.25) is 9.98 Å². The van der Waals surface area contributed by atoms with E-state index >= 15 is 0 Å². The Labute approximate surface area is 109 Å². The number of hydrogen-bond donors (Lipinski definition) is 0. The Bertz CT molecular complexity index is 438. The zero-order valence-electron chi connectivity index (χ0n) is 10.5. The molecule has 1 heterocycles. The van der Waals surface area contributed by atoms with Crippen LogP contribution in [-0.2, 0) is 10.9 Å². The summed E-state index contributed by atoms with van der Waals surface area (Å²) in [6, 6.07) is 2.41. The van der Waals surface area contributed by atoms with Crippen molar-refractivity contribution in [2.24, 2.45) is 10.9 Å². The summed E-state index contributed by atoms with van der Waals surface area (Å²) in [7, 11) is 1.61. The van der Waals surface area contributed by atoms with Crippen molar-refractivity contribution in [3.05, 3.63) is 29.6 Å². The van der Waals surface area contributed by atoms with Gasteiger partial charge in [-0.2, -0.15) is 13.2 Å². The van der Waals surface area contributed by atoms with Gasteiger partial charge in [-0.05, 0) is 30.9 Å². The molecule has 1 aliphatic rings. The van der Waals surface area contributed by atoms with Crippen molar-refractivity contribution >= 4 is 6.21 Å². The zero-order chi connectivity index (χ0) is 13.9. The number of hydrogen-bond acceptors (Lipinski definition) is 3. The van der Waals surface area contributed by atoms with Crippen LogP contribution >= 0.6 is 0 Å². The summed E-state index contributed by atoms with van der Waals surface area (Å²) in [5.74, 6) is 0.533. The largest absolute Gasteiger partial charge is 0.417 e. The van der Waals surface area contributed by atoms with Crippen LogP contribution in [-0.4, -0.2) is 31.0 Å². The average molecular weight is 272 g/mol. The highest BCUT2D eigenvalue weighted by atomic mass is 19.4. The molecule has 0 radical (unpaired) electrons. The Balaban J connectivity index is 2.02. The van der Waals surface area contributed by atoms with E-state index in [2.05, 4.69) is 9.98 Å². The molecule has 0 aromatic carbocycles. The van der Waals surface area contributed by atoms with E-state index in [-0.39, 0.29) is 6.04 Å². The van der Waals surface area contributed by atoms with Crippen molar-refractivity contribution in [1.29, 1.82) is 0 Å². The Morgan fingerprint density at radius 2 is 2.21 bits per heavy atom. The molecule has 1 saturated carbocycles. The van der Waals surface area contributed by atoms with Gasteiger partial charge in [-0.25, -0.2) is 0 Å². The first-order chi connectivity index (χ1) is 9.00. The van der Waals surface area contributed by atoms with Gasteiger partial charge in [0, 0.05) is 19.5 Å². The summed E-state index contributed by atoms with van der Waals surface area (Å²) in [6.45, 7) is 0.530. The van der Waals surface area contributed by atoms with Gasteiger partial charge in [-0.1, -0.05) is 0 Å². The predicted molar refractivity (Wildman–Crippen MR) is 65.2 cm³/mol. The van der Waals surface area contributed by atoms with Crippen LogP contribution in [0.1, 0.15) is 24.1 Å². The number of methoxy groups -OCH3 is 1. The third-order valence-electron chi connectivity index (χ3n) is 3.02. The van der Waals surface area contributed by atoms with Gasteiger partial charge in [0.2, 0.25) is 0 Å². The number of ether oxygens (including phenoxy) is 1. The maximum absolute atomic E-state index is 12.4. The molecule has 19 heavy (non-hydrogen) atoms. The molecule has 1 aromatic rings. The van der Waals surface area contributed by atoms with E-state index in [0.717, 1.165) is 25.1 Å². The van der Waals surface area contributed by atoms with Crippen LogP contribution in [0.4, 0.5) is 13.2 Å². The van der Waals surface area contributed by atoms with E-state index < -0.39 is 11.7 Å². The van der Waals surface area contributed by atoms with Crippen LogP contribution in [0, 0.1) is 5.92 Å². The molecule has 1 atom stereocenters. The fourth-order valence-corrected chi connectivity index (χ4v) is 1.77. The third-order valence-corrected chi connectivity index (χ3v) is 3.02. The van der Waals surface area contributed by atoms with Gasteiger partial charge < -0.3 is 4.74 Å². The number of aliphatic imine (C=N–C) groups is 1. The molecule has 1 aromatic heterocycles. The first-order valence-corrected chi connectivity index (χ1v) is 6.06. The van der Waals surface area contributed by atoms with Crippen molar-refractivity contribution in [3.63, 3.8) is 0 Å². The van der Waals surface area contributed by atoms with Gasteiger partial charge in [0.1, 0.15) is 0 Å². The lowest BCUT2D eigenvalue weighted by molar-refractivity contribution is -0.137. The molecule has 0 amide bonds. The SMILES string of the molecule is COC[C@@H](N=Cc1ccc(C(F)(F)F)cn1)C1CC1. The molecule has 0 N–H and O–H groups in total. The minimum atomic E-state index is -4.35. The standard InChI is InChI=1S/C13H15F3N2O/c1-19-8-12(9-2-3-9)18-7-11-5-4-10(6-17-11)13(14,15)16/h4-7,9,12H,2-3,8H2,1H3/t12-/m1/s1. The van der Waals surface area contributed by atoms with Crippen molar-refractivity contribution in [2.75, 3.05) is 13.7 Å². The highest BCUT2D eigenvalue weighted by Crippen LogP contribution is 2.34. The van der Waals surface area contributed by atoms with Crippen molar-refractivity contribution < 1.29 is 17.9 Å². The molecule has 0 spiro atoms. The van der Waals surface area contributed by atoms with Crippen molar-refractivity contribution in [3.8, 4) is 0 Å². The molecule has 0 saturated heterocycles. The molecule has 1 aliphatic carbocycles. The molecular formula is C13H15F3N2O. The van der Waals surface area contributed by atoms with E-state index in [1.54, 1.807) is 7.11 Å². The minimum absolute atomic E-state index is 0.0779. The number of rotatable bonds is 5. The molecule has 3 nitrogen and oxygen atoms in total.